The molecule has 2 aliphatic rings. The Morgan fingerprint density at radius 3 is 2.33 bits per heavy atom. The largest absolute Gasteiger partial charge is 0.355 e. The van der Waals surface area contributed by atoms with E-state index in [2.05, 4.69) is 17.6 Å². The molecule has 0 bridgehead atoms. The minimum Gasteiger partial charge on any atom is -0.355 e. The summed E-state index contributed by atoms with van der Waals surface area (Å²) in [5.41, 5.74) is 1.94. The standard InChI is InChI=1S/C24H31N3O4S2/c1-16-7-12-19-20(15-16)32-24(21(19)23(29)25-2)26-22(28)17-8-10-18(11-9-17)33(30,31)27-13-5-3-4-6-14-27/h8-11,16H,3-7,12-15H2,1-2H3,(H,25,29)(H,26,28). The van der Waals surface area contributed by atoms with Gasteiger partial charge < -0.3 is 10.6 Å². The number of rotatable bonds is 5. The first kappa shape index (κ1) is 23.9. The van der Waals surface area contributed by atoms with Gasteiger partial charge in [0.2, 0.25) is 10.0 Å². The lowest BCUT2D eigenvalue weighted by Gasteiger charge is -2.20. The summed E-state index contributed by atoms with van der Waals surface area (Å²) in [6.07, 6.45) is 6.60. The lowest BCUT2D eigenvalue weighted by atomic mass is 9.88. The van der Waals surface area contributed by atoms with Gasteiger partial charge in [-0.2, -0.15) is 4.31 Å². The molecular weight excluding hydrogens is 458 g/mol. The second-order valence-corrected chi connectivity index (χ2v) is 12.0. The third-order valence-corrected chi connectivity index (χ3v) is 9.59. The molecule has 0 saturated carbocycles. The number of sulfonamides is 1. The number of amides is 2. The van der Waals surface area contributed by atoms with Crippen LogP contribution in [0.5, 0.6) is 0 Å². The van der Waals surface area contributed by atoms with Crippen molar-refractivity contribution in [1.82, 2.24) is 9.62 Å². The Morgan fingerprint density at radius 2 is 1.70 bits per heavy atom. The molecule has 2 N–H and O–H groups in total. The molecular formula is C24H31N3O4S2. The van der Waals surface area contributed by atoms with Crippen LogP contribution in [0.1, 0.15) is 70.2 Å². The molecule has 1 atom stereocenters. The third kappa shape index (κ3) is 5.00. The van der Waals surface area contributed by atoms with Crippen LogP contribution in [0.15, 0.2) is 29.2 Å². The number of hydrogen-bond acceptors (Lipinski definition) is 5. The number of anilines is 1. The molecule has 2 heterocycles. The first-order chi connectivity index (χ1) is 15.8. The Balaban J connectivity index is 1.54. The summed E-state index contributed by atoms with van der Waals surface area (Å²) in [6.45, 7) is 3.27. The molecule has 1 aromatic heterocycles. The van der Waals surface area contributed by atoms with Crippen molar-refractivity contribution in [3.05, 3.63) is 45.8 Å². The highest BCUT2D eigenvalue weighted by Crippen LogP contribution is 2.39. The van der Waals surface area contributed by atoms with Crippen LogP contribution in [0.25, 0.3) is 0 Å². The summed E-state index contributed by atoms with van der Waals surface area (Å²) in [5, 5.41) is 6.14. The van der Waals surface area contributed by atoms with E-state index >= 15 is 0 Å². The molecule has 1 aliphatic heterocycles. The van der Waals surface area contributed by atoms with Crippen LogP contribution in [-0.4, -0.2) is 44.7 Å². The van der Waals surface area contributed by atoms with Gasteiger partial charge in [-0.1, -0.05) is 19.8 Å². The van der Waals surface area contributed by atoms with Gasteiger partial charge >= 0.3 is 0 Å². The lowest BCUT2D eigenvalue weighted by molar-refractivity contribution is 0.0963. The van der Waals surface area contributed by atoms with Crippen molar-refractivity contribution in [1.29, 1.82) is 0 Å². The Morgan fingerprint density at radius 1 is 1.03 bits per heavy atom. The van der Waals surface area contributed by atoms with Gasteiger partial charge in [-0.3, -0.25) is 9.59 Å². The van der Waals surface area contributed by atoms with E-state index in [1.807, 2.05) is 0 Å². The first-order valence-corrected chi connectivity index (χ1v) is 13.8. The minimum absolute atomic E-state index is 0.198. The zero-order valence-electron chi connectivity index (χ0n) is 19.1. The quantitative estimate of drug-likeness (QED) is 0.662. The van der Waals surface area contributed by atoms with E-state index in [1.54, 1.807) is 11.4 Å². The number of nitrogens with one attached hydrogen (secondary N) is 2. The lowest BCUT2D eigenvalue weighted by Crippen LogP contribution is -2.31. The molecule has 1 aliphatic carbocycles. The monoisotopic (exact) mass is 489 g/mol. The van der Waals surface area contributed by atoms with Crippen molar-refractivity contribution in [2.24, 2.45) is 5.92 Å². The highest BCUT2D eigenvalue weighted by Gasteiger charge is 2.29. The van der Waals surface area contributed by atoms with Crippen molar-refractivity contribution in [2.75, 3.05) is 25.5 Å². The maximum Gasteiger partial charge on any atom is 0.256 e. The average Bonchev–Trinajstić information content (AvgIpc) is 2.97. The molecule has 9 heteroatoms. The zero-order chi connectivity index (χ0) is 23.6. The fourth-order valence-electron chi connectivity index (χ4n) is 4.59. The molecule has 33 heavy (non-hydrogen) atoms. The number of nitrogens with zero attached hydrogens (tertiary/aromatic N) is 1. The van der Waals surface area contributed by atoms with Crippen LogP contribution >= 0.6 is 11.3 Å². The Hall–Kier alpha value is -2.23. The highest BCUT2D eigenvalue weighted by atomic mass is 32.2. The zero-order valence-corrected chi connectivity index (χ0v) is 20.8. The number of hydrogen-bond donors (Lipinski definition) is 2. The Bertz CT molecular complexity index is 1130. The van der Waals surface area contributed by atoms with Crippen molar-refractivity contribution in [3.8, 4) is 0 Å². The summed E-state index contributed by atoms with van der Waals surface area (Å²) < 4.78 is 27.5. The molecule has 0 spiro atoms. The SMILES string of the molecule is CNC(=O)c1c(NC(=O)c2ccc(S(=O)(=O)N3CCCCCC3)cc2)sc2c1CCC(C)C2. The summed E-state index contributed by atoms with van der Waals surface area (Å²) in [4.78, 5) is 26.9. The van der Waals surface area contributed by atoms with Gasteiger partial charge in [-0.25, -0.2) is 8.42 Å². The summed E-state index contributed by atoms with van der Waals surface area (Å²) in [7, 11) is -1.97. The van der Waals surface area contributed by atoms with E-state index in [0.717, 1.165) is 55.4 Å². The van der Waals surface area contributed by atoms with Crippen molar-refractivity contribution >= 4 is 38.2 Å². The molecule has 1 aromatic carbocycles. The van der Waals surface area contributed by atoms with Gasteiger partial charge in [0, 0.05) is 30.6 Å². The van der Waals surface area contributed by atoms with Gasteiger partial charge in [-0.15, -0.1) is 11.3 Å². The van der Waals surface area contributed by atoms with Crippen molar-refractivity contribution in [2.45, 2.75) is 56.8 Å². The van der Waals surface area contributed by atoms with E-state index in [9.17, 15) is 18.0 Å². The molecule has 2 amide bonds. The number of carbonyl (C=O) groups excluding carboxylic acids is 2. The normalized spacial score (nSPS) is 19.4. The highest BCUT2D eigenvalue weighted by molar-refractivity contribution is 7.89. The van der Waals surface area contributed by atoms with E-state index in [1.165, 1.54) is 35.6 Å². The van der Waals surface area contributed by atoms with Crippen LogP contribution < -0.4 is 10.6 Å². The predicted molar refractivity (Wildman–Crippen MR) is 131 cm³/mol. The first-order valence-electron chi connectivity index (χ1n) is 11.6. The molecule has 7 nitrogen and oxygen atoms in total. The topological polar surface area (TPSA) is 95.6 Å². The van der Waals surface area contributed by atoms with Crippen LogP contribution in [0, 0.1) is 5.92 Å². The summed E-state index contributed by atoms with van der Waals surface area (Å²) >= 11 is 1.47. The molecule has 1 saturated heterocycles. The molecule has 1 unspecified atom stereocenters. The van der Waals surface area contributed by atoms with E-state index in [4.69, 9.17) is 0 Å². The van der Waals surface area contributed by atoms with Gasteiger partial charge in [-0.05, 0) is 67.9 Å². The van der Waals surface area contributed by atoms with Gasteiger partial charge in [0.15, 0.2) is 0 Å². The number of benzene rings is 1. The van der Waals surface area contributed by atoms with Crippen molar-refractivity contribution < 1.29 is 18.0 Å². The van der Waals surface area contributed by atoms with Gasteiger partial charge in [0.1, 0.15) is 5.00 Å². The molecule has 4 rings (SSSR count). The van der Waals surface area contributed by atoms with E-state index in [0.29, 0.717) is 35.1 Å². The van der Waals surface area contributed by atoms with Crippen LogP contribution in [0.4, 0.5) is 5.00 Å². The van der Waals surface area contributed by atoms with Crippen molar-refractivity contribution in [3.63, 3.8) is 0 Å². The third-order valence-electron chi connectivity index (χ3n) is 6.51. The molecule has 1 fully saturated rings. The second kappa shape index (κ2) is 9.95. The summed E-state index contributed by atoms with van der Waals surface area (Å²) in [5.74, 6) is -0.00213. The van der Waals surface area contributed by atoms with E-state index < -0.39 is 10.0 Å². The molecule has 0 radical (unpaired) electrons. The second-order valence-electron chi connectivity index (χ2n) is 8.93. The van der Waals surface area contributed by atoms with Gasteiger partial charge in [0.05, 0.1) is 10.5 Å². The average molecular weight is 490 g/mol. The Labute approximate surface area is 199 Å². The fraction of sp³-hybridized carbons (Fsp3) is 0.500. The number of fused-ring (bicyclic) bond motifs is 1. The van der Waals surface area contributed by atoms with Gasteiger partial charge in [0.25, 0.3) is 11.8 Å². The van der Waals surface area contributed by atoms with Crippen LogP contribution in [0.3, 0.4) is 0 Å². The number of thiophene rings is 1. The van der Waals surface area contributed by atoms with Crippen LogP contribution in [-0.2, 0) is 22.9 Å². The number of carbonyl (C=O) groups is 2. The molecule has 178 valence electrons. The smallest absolute Gasteiger partial charge is 0.256 e. The predicted octanol–water partition coefficient (Wildman–Crippen LogP) is 4.05. The summed E-state index contributed by atoms with van der Waals surface area (Å²) in [6, 6.07) is 6.07. The van der Waals surface area contributed by atoms with Crippen LogP contribution in [0.2, 0.25) is 0 Å². The maximum absolute atomic E-state index is 13.0. The Kier molecular flexibility index (Phi) is 7.21. The molecule has 2 aromatic rings. The fourth-order valence-corrected chi connectivity index (χ4v) is 7.51. The minimum atomic E-state index is -3.56. The van der Waals surface area contributed by atoms with E-state index in [-0.39, 0.29) is 16.7 Å². The maximum atomic E-state index is 13.0.